The predicted molar refractivity (Wildman–Crippen MR) is 61.6 cm³/mol. The summed E-state index contributed by atoms with van der Waals surface area (Å²) in [7, 11) is 0. The van der Waals surface area contributed by atoms with Crippen LogP contribution >= 0.6 is 0 Å². The van der Waals surface area contributed by atoms with Gasteiger partial charge >= 0.3 is 5.97 Å². The lowest BCUT2D eigenvalue weighted by atomic mass is 10.1. The molecule has 17 heavy (non-hydrogen) atoms. The first-order chi connectivity index (χ1) is 8.02. The van der Waals surface area contributed by atoms with E-state index in [2.05, 4.69) is 4.98 Å². The van der Waals surface area contributed by atoms with E-state index >= 15 is 0 Å². The lowest BCUT2D eigenvalue weighted by Crippen LogP contribution is -2.39. The highest BCUT2D eigenvalue weighted by Crippen LogP contribution is 2.05. The first-order valence-corrected chi connectivity index (χ1v) is 5.45. The van der Waals surface area contributed by atoms with Gasteiger partial charge in [-0.2, -0.15) is 0 Å². The summed E-state index contributed by atoms with van der Waals surface area (Å²) in [5, 5.41) is 18.0. The fourth-order valence-corrected chi connectivity index (χ4v) is 1.26. The lowest BCUT2D eigenvalue weighted by Gasteiger charge is -2.17. The molecular formula is C12H17NO4. The highest BCUT2D eigenvalue weighted by molar-refractivity contribution is 5.76. The molecule has 1 heterocycles. The largest absolute Gasteiger partial charge is 0.479 e. The maximum Gasteiger partial charge on any atom is 0.337 e. The summed E-state index contributed by atoms with van der Waals surface area (Å²) in [4.78, 5) is 14.5. The fraction of sp³-hybridized carbons (Fsp3) is 0.500. The number of aliphatic hydroxyl groups is 1. The van der Waals surface area contributed by atoms with E-state index in [1.165, 1.54) is 6.92 Å². The van der Waals surface area contributed by atoms with Crippen LogP contribution in [0.2, 0.25) is 0 Å². The molecule has 1 atom stereocenters. The quantitative estimate of drug-likeness (QED) is 0.690. The zero-order valence-electron chi connectivity index (χ0n) is 9.80. The first kappa shape index (κ1) is 13.6. The zero-order chi connectivity index (χ0) is 12.7. The van der Waals surface area contributed by atoms with Crippen molar-refractivity contribution >= 4 is 5.97 Å². The number of nitrogens with zero attached hydrogens (tertiary/aromatic N) is 1. The van der Waals surface area contributed by atoms with Gasteiger partial charge in [-0.3, -0.25) is 4.98 Å². The van der Waals surface area contributed by atoms with Gasteiger partial charge in [-0.1, -0.05) is 0 Å². The molecule has 5 heteroatoms. The van der Waals surface area contributed by atoms with E-state index in [1.807, 2.05) is 12.1 Å². The van der Waals surface area contributed by atoms with Gasteiger partial charge in [0.1, 0.15) is 0 Å². The summed E-state index contributed by atoms with van der Waals surface area (Å²) < 4.78 is 5.14. The topological polar surface area (TPSA) is 79.7 Å². The number of ether oxygens (including phenoxy) is 1. The number of pyridine rings is 1. The Kier molecular flexibility index (Phi) is 5.06. The molecule has 5 nitrogen and oxygen atoms in total. The molecule has 1 rings (SSSR count). The maximum atomic E-state index is 10.6. The Morgan fingerprint density at radius 2 is 2.12 bits per heavy atom. The summed E-state index contributed by atoms with van der Waals surface area (Å²) >= 11 is 0. The monoisotopic (exact) mass is 239 g/mol. The molecule has 0 aliphatic carbocycles. The van der Waals surface area contributed by atoms with Crippen LogP contribution in [0, 0.1) is 0 Å². The Balaban J connectivity index is 2.15. The number of carboxylic acids is 1. The summed E-state index contributed by atoms with van der Waals surface area (Å²) in [5.41, 5.74) is -0.648. The van der Waals surface area contributed by atoms with Crippen molar-refractivity contribution in [2.75, 3.05) is 13.2 Å². The molecule has 2 N–H and O–H groups in total. The molecular weight excluding hydrogens is 222 g/mol. The first-order valence-electron chi connectivity index (χ1n) is 5.45. The molecule has 94 valence electrons. The van der Waals surface area contributed by atoms with Crippen molar-refractivity contribution in [3.63, 3.8) is 0 Å². The van der Waals surface area contributed by atoms with Crippen LogP contribution in [-0.4, -0.2) is 40.0 Å². The van der Waals surface area contributed by atoms with E-state index in [9.17, 15) is 9.90 Å². The number of carboxylic acid groups (broad SMARTS) is 1. The van der Waals surface area contributed by atoms with Crippen molar-refractivity contribution in [2.45, 2.75) is 25.4 Å². The van der Waals surface area contributed by atoms with Gasteiger partial charge < -0.3 is 14.9 Å². The van der Waals surface area contributed by atoms with Gasteiger partial charge in [-0.05, 0) is 37.5 Å². The molecule has 1 unspecified atom stereocenters. The lowest BCUT2D eigenvalue weighted by molar-refractivity contribution is -0.162. The average Bonchev–Trinajstić information content (AvgIpc) is 2.29. The van der Waals surface area contributed by atoms with Gasteiger partial charge in [0.25, 0.3) is 0 Å². The van der Waals surface area contributed by atoms with Gasteiger partial charge in [-0.25, -0.2) is 4.79 Å². The molecule has 0 aliphatic heterocycles. The Morgan fingerprint density at radius 3 is 2.71 bits per heavy atom. The highest BCUT2D eigenvalue weighted by Gasteiger charge is 2.29. The number of hydrogen-bond acceptors (Lipinski definition) is 4. The molecule has 1 aromatic heterocycles. The van der Waals surface area contributed by atoms with Crippen LogP contribution in [0.25, 0.3) is 0 Å². The Labute approximate surface area is 100 Å². The van der Waals surface area contributed by atoms with Crippen LogP contribution in [-0.2, 0) is 16.0 Å². The third-order valence-corrected chi connectivity index (χ3v) is 2.35. The summed E-state index contributed by atoms with van der Waals surface area (Å²) in [6, 6.07) is 3.85. The van der Waals surface area contributed by atoms with E-state index < -0.39 is 11.6 Å². The molecule has 0 amide bonds. The molecule has 0 fully saturated rings. The molecule has 1 aromatic rings. The van der Waals surface area contributed by atoms with E-state index in [1.54, 1.807) is 12.4 Å². The van der Waals surface area contributed by atoms with Crippen molar-refractivity contribution < 1.29 is 19.7 Å². The summed E-state index contributed by atoms with van der Waals surface area (Å²) in [6.45, 7) is 1.45. The molecule has 0 aliphatic rings. The highest BCUT2D eigenvalue weighted by atomic mass is 16.5. The van der Waals surface area contributed by atoms with Crippen molar-refractivity contribution in [3.8, 4) is 0 Å². The van der Waals surface area contributed by atoms with Crippen LogP contribution in [0.4, 0.5) is 0 Å². The average molecular weight is 239 g/mol. The SMILES string of the molecule is CC(O)(COCCCc1ccncc1)C(=O)O. The van der Waals surface area contributed by atoms with Crippen LogP contribution in [0.5, 0.6) is 0 Å². The summed E-state index contributed by atoms with van der Waals surface area (Å²) in [6.07, 6.45) is 5.08. The Hall–Kier alpha value is -1.46. The van der Waals surface area contributed by atoms with Crippen LogP contribution in [0.3, 0.4) is 0 Å². The maximum absolute atomic E-state index is 10.6. The minimum Gasteiger partial charge on any atom is -0.479 e. The molecule has 0 radical (unpaired) electrons. The minimum absolute atomic E-state index is 0.196. The number of carbonyl (C=O) groups is 1. The van der Waals surface area contributed by atoms with Gasteiger partial charge in [0.05, 0.1) is 6.61 Å². The van der Waals surface area contributed by atoms with Crippen LogP contribution in [0.1, 0.15) is 18.9 Å². The molecule has 0 bridgehead atoms. The third-order valence-electron chi connectivity index (χ3n) is 2.35. The smallest absolute Gasteiger partial charge is 0.337 e. The van der Waals surface area contributed by atoms with Gasteiger partial charge in [0, 0.05) is 19.0 Å². The van der Waals surface area contributed by atoms with Gasteiger partial charge in [-0.15, -0.1) is 0 Å². The molecule has 0 spiro atoms. The Bertz CT molecular complexity index is 351. The van der Waals surface area contributed by atoms with Gasteiger partial charge in [0.15, 0.2) is 5.60 Å². The van der Waals surface area contributed by atoms with Crippen molar-refractivity contribution in [1.82, 2.24) is 4.98 Å². The van der Waals surface area contributed by atoms with Crippen molar-refractivity contribution in [1.29, 1.82) is 0 Å². The Morgan fingerprint density at radius 1 is 1.47 bits per heavy atom. The van der Waals surface area contributed by atoms with Crippen molar-refractivity contribution in [2.24, 2.45) is 0 Å². The number of aliphatic carboxylic acids is 1. The van der Waals surface area contributed by atoms with Crippen LogP contribution < -0.4 is 0 Å². The second kappa shape index (κ2) is 6.32. The fourth-order valence-electron chi connectivity index (χ4n) is 1.26. The van der Waals surface area contributed by atoms with Crippen molar-refractivity contribution in [3.05, 3.63) is 30.1 Å². The second-order valence-electron chi connectivity index (χ2n) is 4.09. The number of aryl methyl sites for hydroxylation is 1. The predicted octanol–water partition coefficient (Wildman–Crippen LogP) is 0.866. The standard InChI is InChI=1S/C12H17NO4/c1-12(16,11(14)15)9-17-8-2-3-10-4-6-13-7-5-10/h4-7,16H,2-3,8-9H2,1H3,(H,14,15). The second-order valence-corrected chi connectivity index (χ2v) is 4.09. The zero-order valence-corrected chi connectivity index (χ0v) is 9.80. The number of aromatic nitrogens is 1. The number of rotatable bonds is 7. The van der Waals surface area contributed by atoms with Gasteiger partial charge in [0.2, 0.25) is 0 Å². The molecule has 0 aromatic carbocycles. The third kappa shape index (κ3) is 4.93. The summed E-state index contributed by atoms with van der Waals surface area (Å²) in [5.74, 6) is -1.27. The van der Waals surface area contributed by atoms with Crippen LogP contribution in [0.15, 0.2) is 24.5 Å². The van der Waals surface area contributed by atoms with E-state index in [-0.39, 0.29) is 6.61 Å². The van der Waals surface area contributed by atoms with E-state index in [0.717, 1.165) is 18.4 Å². The minimum atomic E-state index is -1.81. The normalized spacial score (nSPS) is 14.2. The molecule has 0 saturated carbocycles. The van der Waals surface area contributed by atoms with E-state index in [0.29, 0.717) is 6.61 Å². The number of hydrogen-bond donors (Lipinski definition) is 2. The molecule has 0 saturated heterocycles. The van der Waals surface area contributed by atoms with E-state index in [4.69, 9.17) is 9.84 Å².